The van der Waals surface area contributed by atoms with Gasteiger partial charge in [-0.1, -0.05) is 97.1 Å². The summed E-state index contributed by atoms with van der Waals surface area (Å²) in [7, 11) is 0. The number of aromatic nitrogens is 6. The van der Waals surface area contributed by atoms with Gasteiger partial charge in [0.15, 0.2) is 17.5 Å². The van der Waals surface area contributed by atoms with Crippen LogP contribution in [0.3, 0.4) is 0 Å². The maximum absolute atomic E-state index is 5.22. The molecule has 0 aliphatic rings. The number of fused-ring (bicyclic) bond motifs is 4. The highest BCUT2D eigenvalue weighted by molar-refractivity contribution is 7.25. The summed E-state index contributed by atoms with van der Waals surface area (Å²) in [6, 6.07) is 44.9. The Balaban J connectivity index is 1.19. The average Bonchev–Trinajstić information content (AvgIpc) is 3.53. The van der Waals surface area contributed by atoms with Gasteiger partial charge in [0.05, 0.1) is 22.6 Å². The maximum Gasteiger partial charge on any atom is 0.164 e. The fourth-order valence-electron chi connectivity index (χ4n) is 5.93. The highest BCUT2D eigenvalue weighted by Gasteiger charge is 2.16. The molecule has 4 aromatic carbocycles. The van der Waals surface area contributed by atoms with Gasteiger partial charge in [-0.05, 0) is 36.4 Å². The lowest BCUT2D eigenvalue weighted by Crippen LogP contribution is -2.00. The van der Waals surface area contributed by atoms with E-state index in [-0.39, 0.29) is 0 Å². The van der Waals surface area contributed by atoms with Crippen LogP contribution < -0.4 is 0 Å². The zero-order valence-electron chi connectivity index (χ0n) is 24.9. The number of nitrogens with zero attached hydrogens (tertiary/aromatic N) is 6. The molecule has 0 bridgehead atoms. The van der Waals surface area contributed by atoms with Gasteiger partial charge >= 0.3 is 0 Å². The fourth-order valence-corrected chi connectivity index (χ4v) is 7.04. The van der Waals surface area contributed by atoms with E-state index in [1.54, 1.807) is 11.3 Å². The second-order valence-electron chi connectivity index (χ2n) is 11.2. The third-order valence-corrected chi connectivity index (χ3v) is 9.35. The van der Waals surface area contributed by atoms with Crippen LogP contribution in [0.4, 0.5) is 0 Å². The predicted molar refractivity (Wildman–Crippen MR) is 191 cm³/mol. The van der Waals surface area contributed by atoms with E-state index in [9.17, 15) is 0 Å². The van der Waals surface area contributed by atoms with Crippen molar-refractivity contribution in [2.45, 2.75) is 0 Å². The van der Waals surface area contributed by atoms with Gasteiger partial charge in [0.25, 0.3) is 0 Å². The molecule has 0 atom stereocenters. The van der Waals surface area contributed by atoms with Gasteiger partial charge in [-0.2, -0.15) is 0 Å². The molecular formula is C40H24N6S. The molecule has 0 saturated carbocycles. The van der Waals surface area contributed by atoms with E-state index < -0.39 is 0 Å². The smallest absolute Gasteiger partial charge is 0.164 e. The molecule has 0 fully saturated rings. The van der Waals surface area contributed by atoms with Crippen LogP contribution in [0.1, 0.15) is 0 Å². The summed E-state index contributed by atoms with van der Waals surface area (Å²) in [4.78, 5) is 29.6. The number of benzene rings is 4. The van der Waals surface area contributed by atoms with Crippen LogP contribution in [-0.4, -0.2) is 29.9 Å². The third-order valence-electron chi connectivity index (χ3n) is 8.22. The van der Waals surface area contributed by atoms with E-state index in [1.165, 1.54) is 14.8 Å². The Bertz CT molecular complexity index is 2520. The first kappa shape index (κ1) is 27.2. The topological polar surface area (TPSA) is 77.3 Å². The van der Waals surface area contributed by atoms with Crippen LogP contribution in [0, 0.1) is 0 Å². The van der Waals surface area contributed by atoms with Crippen molar-refractivity contribution in [3.63, 3.8) is 0 Å². The van der Waals surface area contributed by atoms with Crippen LogP contribution in [0.15, 0.2) is 146 Å². The molecular weight excluding hydrogens is 597 g/mol. The summed E-state index contributed by atoms with van der Waals surface area (Å²) < 4.78 is 2.43. The molecule has 47 heavy (non-hydrogen) atoms. The summed E-state index contributed by atoms with van der Waals surface area (Å²) in [5.41, 5.74) is 6.93. The minimum atomic E-state index is 0.593. The summed E-state index contributed by atoms with van der Waals surface area (Å²) in [6.07, 6.45) is 3.78. The number of rotatable bonds is 5. The summed E-state index contributed by atoms with van der Waals surface area (Å²) in [5, 5.41) is 3.34. The van der Waals surface area contributed by atoms with Crippen molar-refractivity contribution in [3.05, 3.63) is 146 Å². The number of thiophene rings is 1. The molecule has 0 unspecified atom stereocenters. The lowest BCUT2D eigenvalue weighted by atomic mass is 10.0. The van der Waals surface area contributed by atoms with Crippen LogP contribution in [0.2, 0.25) is 0 Å². The first-order chi connectivity index (χ1) is 23.3. The summed E-state index contributed by atoms with van der Waals surface area (Å²) in [5.74, 6) is 1.84. The molecule has 0 aliphatic carbocycles. The second kappa shape index (κ2) is 11.3. The largest absolute Gasteiger partial charge is 0.256 e. The van der Waals surface area contributed by atoms with Gasteiger partial charge in [-0.15, -0.1) is 11.3 Å². The molecule has 5 aromatic heterocycles. The van der Waals surface area contributed by atoms with Gasteiger partial charge in [-0.25, -0.2) is 19.9 Å². The molecule has 5 heterocycles. The molecule has 0 saturated heterocycles. The highest BCUT2D eigenvalue weighted by Crippen LogP contribution is 2.37. The molecule has 9 rings (SSSR count). The minimum Gasteiger partial charge on any atom is -0.256 e. The summed E-state index contributed by atoms with van der Waals surface area (Å²) in [6.45, 7) is 0. The lowest BCUT2D eigenvalue weighted by Gasteiger charge is -2.11. The molecule has 0 amide bonds. The molecule has 0 spiro atoms. The Morgan fingerprint density at radius 1 is 0.404 bits per heavy atom. The van der Waals surface area contributed by atoms with Crippen molar-refractivity contribution in [1.29, 1.82) is 0 Å². The number of hydrogen-bond acceptors (Lipinski definition) is 7. The quantitative estimate of drug-likeness (QED) is 0.191. The van der Waals surface area contributed by atoms with Gasteiger partial charge in [0.2, 0.25) is 0 Å². The molecule has 0 N–H and O–H groups in total. The highest BCUT2D eigenvalue weighted by atomic mass is 32.1. The van der Waals surface area contributed by atoms with E-state index in [4.69, 9.17) is 29.9 Å². The van der Waals surface area contributed by atoms with E-state index in [0.29, 0.717) is 17.5 Å². The Morgan fingerprint density at radius 3 is 1.81 bits per heavy atom. The Labute approximate surface area is 274 Å². The van der Waals surface area contributed by atoms with Gasteiger partial charge in [0.1, 0.15) is 0 Å². The molecule has 220 valence electrons. The van der Waals surface area contributed by atoms with Crippen molar-refractivity contribution >= 4 is 42.4 Å². The first-order valence-corrected chi connectivity index (χ1v) is 16.1. The molecule has 0 radical (unpaired) electrons. The SMILES string of the molecule is c1ccc(-c2nc(-c3ccccc3)nc(-c3cccc(-c4nc(-c5cc6sc7ccccc7c6cn5)cc5ncccc45)c3)n2)cc1. The Kier molecular flexibility index (Phi) is 6.54. The van der Waals surface area contributed by atoms with Gasteiger partial charge in [0, 0.05) is 60.2 Å². The van der Waals surface area contributed by atoms with Crippen LogP contribution in [0.25, 0.3) is 87.9 Å². The van der Waals surface area contributed by atoms with Crippen molar-refractivity contribution in [2.75, 3.05) is 0 Å². The lowest BCUT2D eigenvalue weighted by molar-refractivity contribution is 1.07. The average molecular weight is 621 g/mol. The number of hydrogen-bond donors (Lipinski definition) is 0. The monoisotopic (exact) mass is 620 g/mol. The molecule has 0 aliphatic heterocycles. The predicted octanol–water partition coefficient (Wildman–Crippen LogP) is 9.91. The Morgan fingerprint density at radius 2 is 1.04 bits per heavy atom. The molecule has 9 aromatic rings. The third kappa shape index (κ3) is 4.99. The van der Waals surface area contributed by atoms with Crippen molar-refractivity contribution in [3.8, 4) is 56.8 Å². The molecule has 6 nitrogen and oxygen atoms in total. The van der Waals surface area contributed by atoms with Crippen LogP contribution in [0.5, 0.6) is 0 Å². The minimum absolute atomic E-state index is 0.593. The standard InChI is InChI=1S/C40H24N6S/c1-3-11-25(12-4-1)38-44-39(26-13-5-2-6-14-26)46-40(45-38)28-16-9-15-27(21-28)37-30-18-10-20-41-32(30)22-34(43-37)33-23-36-31(24-42-33)29-17-7-8-19-35(29)47-36/h1-24H. The number of pyridine rings is 3. The maximum atomic E-state index is 5.22. The van der Waals surface area contributed by atoms with Crippen molar-refractivity contribution in [2.24, 2.45) is 0 Å². The van der Waals surface area contributed by atoms with Crippen LogP contribution >= 0.6 is 11.3 Å². The van der Waals surface area contributed by atoms with Crippen molar-refractivity contribution in [1.82, 2.24) is 29.9 Å². The zero-order valence-corrected chi connectivity index (χ0v) is 25.8. The Hall–Kier alpha value is -6.18. The van der Waals surface area contributed by atoms with Gasteiger partial charge < -0.3 is 0 Å². The van der Waals surface area contributed by atoms with Crippen molar-refractivity contribution < 1.29 is 0 Å². The van der Waals surface area contributed by atoms with E-state index >= 15 is 0 Å². The fraction of sp³-hybridized carbons (Fsp3) is 0. The van der Waals surface area contributed by atoms with Crippen LogP contribution in [-0.2, 0) is 0 Å². The summed E-state index contributed by atoms with van der Waals surface area (Å²) >= 11 is 1.77. The molecule has 7 heteroatoms. The van der Waals surface area contributed by atoms with Gasteiger partial charge in [-0.3, -0.25) is 9.97 Å². The first-order valence-electron chi connectivity index (χ1n) is 15.3. The van der Waals surface area contributed by atoms with E-state index in [1.807, 2.05) is 97.3 Å². The zero-order chi connectivity index (χ0) is 31.2. The second-order valence-corrected chi connectivity index (χ2v) is 12.3. The van der Waals surface area contributed by atoms with E-state index in [0.717, 1.165) is 55.6 Å². The normalized spacial score (nSPS) is 11.4. The van der Waals surface area contributed by atoms with E-state index in [2.05, 4.69) is 48.5 Å².